The Kier molecular flexibility index (Phi) is 5.04. The number of amides is 1. The van der Waals surface area contributed by atoms with E-state index in [1.807, 2.05) is 59.5 Å². The third kappa shape index (κ3) is 3.61. The summed E-state index contributed by atoms with van der Waals surface area (Å²) in [5.74, 6) is 0.145. The first-order valence-electron chi connectivity index (χ1n) is 10.5. The van der Waals surface area contributed by atoms with E-state index in [4.69, 9.17) is 0 Å². The quantitative estimate of drug-likeness (QED) is 0.465. The molecule has 4 aromatic rings. The van der Waals surface area contributed by atoms with Gasteiger partial charge in [-0.05, 0) is 65.4 Å². The van der Waals surface area contributed by atoms with Crippen LogP contribution in [0.1, 0.15) is 22.3 Å². The van der Waals surface area contributed by atoms with Crippen LogP contribution in [0.2, 0.25) is 0 Å². The molecule has 4 nitrogen and oxygen atoms in total. The molecule has 0 fully saturated rings. The summed E-state index contributed by atoms with van der Waals surface area (Å²) in [4.78, 5) is 24.5. The summed E-state index contributed by atoms with van der Waals surface area (Å²) in [7, 11) is 0. The number of carbonyl (C=O) groups excluding carboxylic acids is 1. The zero-order chi connectivity index (χ0) is 21.1. The predicted molar refractivity (Wildman–Crippen MR) is 122 cm³/mol. The van der Waals surface area contributed by atoms with Crippen LogP contribution in [0.15, 0.2) is 104 Å². The SMILES string of the molecule is O=C1N(Cc2ccccc2)c2ccccc2C1(Cc1ccncc1)Cc1ccncc1. The largest absolute Gasteiger partial charge is 0.307 e. The van der Waals surface area contributed by atoms with E-state index < -0.39 is 5.41 Å². The Balaban J connectivity index is 1.63. The summed E-state index contributed by atoms with van der Waals surface area (Å²) in [6.07, 6.45) is 8.42. The van der Waals surface area contributed by atoms with Gasteiger partial charge in [0.05, 0.1) is 12.0 Å². The number of nitrogens with zero attached hydrogens (tertiary/aromatic N) is 3. The second-order valence-corrected chi connectivity index (χ2v) is 8.04. The van der Waals surface area contributed by atoms with Gasteiger partial charge in [-0.25, -0.2) is 0 Å². The number of pyridine rings is 2. The van der Waals surface area contributed by atoms with Crippen LogP contribution < -0.4 is 4.90 Å². The van der Waals surface area contributed by atoms with E-state index in [0.29, 0.717) is 19.4 Å². The molecule has 152 valence electrons. The molecular weight excluding hydrogens is 382 g/mol. The lowest BCUT2D eigenvalue weighted by atomic mass is 9.72. The topological polar surface area (TPSA) is 46.1 Å². The van der Waals surface area contributed by atoms with Crippen molar-refractivity contribution >= 4 is 11.6 Å². The molecule has 0 aliphatic carbocycles. The highest BCUT2D eigenvalue weighted by Crippen LogP contribution is 2.46. The Hall–Kier alpha value is -3.79. The van der Waals surface area contributed by atoms with Crippen molar-refractivity contribution in [3.05, 3.63) is 126 Å². The van der Waals surface area contributed by atoms with Crippen LogP contribution in [0.5, 0.6) is 0 Å². The van der Waals surface area contributed by atoms with Crippen molar-refractivity contribution < 1.29 is 4.79 Å². The first-order valence-corrected chi connectivity index (χ1v) is 10.5. The number of para-hydroxylation sites is 1. The number of fused-ring (bicyclic) bond motifs is 1. The monoisotopic (exact) mass is 405 g/mol. The standard InChI is InChI=1S/C27H23N3O/c31-26-27(18-21-10-14-28-15-11-21,19-22-12-16-29-17-13-22)24-8-4-5-9-25(24)30(26)20-23-6-2-1-3-7-23/h1-17H,18-20H2. The number of hydrogen-bond acceptors (Lipinski definition) is 3. The number of carbonyl (C=O) groups is 1. The van der Waals surface area contributed by atoms with Gasteiger partial charge in [-0.3, -0.25) is 14.8 Å². The lowest BCUT2D eigenvalue weighted by molar-refractivity contribution is -0.123. The fraction of sp³-hybridized carbons (Fsp3) is 0.148. The summed E-state index contributed by atoms with van der Waals surface area (Å²) in [6, 6.07) is 26.4. The molecule has 1 amide bonds. The number of rotatable bonds is 6. The van der Waals surface area contributed by atoms with E-state index in [9.17, 15) is 4.79 Å². The van der Waals surface area contributed by atoms with Gasteiger partial charge in [0.2, 0.25) is 5.91 Å². The van der Waals surface area contributed by atoms with Crippen molar-refractivity contribution in [2.45, 2.75) is 24.8 Å². The lowest BCUT2D eigenvalue weighted by Crippen LogP contribution is -2.43. The van der Waals surface area contributed by atoms with E-state index >= 15 is 0 Å². The van der Waals surface area contributed by atoms with Gasteiger partial charge in [-0.2, -0.15) is 0 Å². The third-order valence-corrected chi connectivity index (χ3v) is 6.06. The fourth-order valence-electron chi connectivity index (χ4n) is 4.62. The molecule has 1 aliphatic heterocycles. The molecule has 0 unspecified atom stereocenters. The molecule has 0 spiro atoms. The smallest absolute Gasteiger partial charge is 0.238 e. The van der Waals surface area contributed by atoms with E-state index in [1.165, 1.54) is 0 Å². The lowest BCUT2D eigenvalue weighted by Gasteiger charge is -2.29. The number of benzene rings is 2. The first kappa shape index (κ1) is 19.2. The maximum Gasteiger partial charge on any atom is 0.238 e. The zero-order valence-electron chi connectivity index (χ0n) is 17.2. The van der Waals surface area contributed by atoms with E-state index in [0.717, 1.165) is 27.9 Å². The molecule has 0 saturated carbocycles. The van der Waals surface area contributed by atoms with Crippen molar-refractivity contribution in [2.24, 2.45) is 0 Å². The Morgan fingerprint density at radius 2 is 1.19 bits per heavy atom. The molecular formula is C27H23N3O. The zero-order valence-corrected chi connectivity index (χ0v) is 17.2. The number of aromatic nitrogens is 2. The summed E-state index contributed by atoms with van der Waals surface area (Å²) in [5.41, 5.74) is 4.74. The molecule has 5 rings (SSSR count). The van der Waals surface area contributed by atoms with Gasteiger partial charge in [0.25, 0.3) is 0 Å². The van der Waals surface area contributed by atoms with Crippen molar-refractivity contribution in [2.75, 3.05) is 4.90 Å². The summed E-state index contributed by atoms with van der Waals surface area (Å²) in [6.45, 7) is 0.561. The van der Waals surface area contributed by atoms with Gasteiger partial charge in [0, 0.05) is 30.5 Å². The predicted octanol–water partition coefficient (Wildman–Crippen LogP) is 4.75. The van der Waals surface area contributed by atoms with Gasteiger partial charge >= 0.3 is 0 Å². The molecule has 4 heteroatoms. The van der Waals surface area contributed by atoms with Crippen LogP contribution >= 0.6 is 0 Å². The van der Waals surface area contributed by atoms with Gasteiger partial charge in [0.1, 0.15) is 0 Å². The molecule has 2 aromatic heterocycles. The highest BCUT2D eigenvalue weighted by Gasteiger charge is 2.50. The molecule has 1 aliphatic rings. The minimum atomic E-state index is -0.673. The second kappa shape index (κ2) is 8.15. The third-order valence-electron chi connectivity index (χ3n) is 6.06. The maximum absolute atomic E-state index is 14.2. The van der Waals surface area contributed by atoms with Crippen molar-refractivity contribution in [1.29, 1.82) is 0 Å². The number of hydrogen-bond donors (Lipinski definition) is 0. The molecule has 0 saturated heterocycles. The number of anilines is 1. The van der Waals surface area contributed by atoms with Crippen LogP contribution in [-0.2, 0) is 29.6 Å². The molecule has 2 aromatic carbocycles. The Morgan fingerprint density at radius 1 is 0.645 bits per heavy atom. The van der Waals surface area contributed by atoms with Gasteiger partial charge in [-0.15, -0.1) is 0 Å². The van der Waals surface area contributed by atoms with Gasteiger partial charge in [-0.1, -0.05) is 48.5 Å². The van der Waals surface area contributed by atoms with E-state index in [-0.39, 0.29) is 5.91 Å². The average Bonchev–Trinajstić information content (AvgIpc) is 3.04. The summed E-state index contributed by atoms with van der Waals surface area (Å²) in [5, 5.41) is 0. The Morgan fingerprint density at radius 3 is 1.81 bits per heavy atom. The van der Waals surface area contributed by atoms with Gasteiger partial charge in [0.15, 0.2) is 0 Å². The van der Waals surface area contributed by atoms with E-state index in [1.54, 1.807) is 24.8 Å². The first-order chi connectivity index (χ1) is 15.3. The Bertz CT molecular complexity index is 1140. The second-order valence-electron chi connectivity index (χ2n) is 8.04. The summed E-state index contributed by atoms with van der Waals surface area (Å²) < 4.78 is 0. The van der Waals surface area contributed by atoms with Crippen molar-refractivity contribution in [3.63, 3.8) is 0 Å². The van der Waals surface area contributed by atoms with Crippen LogP contribution in [0.25, 0.3) is 0 Å². The minimum absolute atomic E-state index is 0.145. The highest BCUT2D eigenvalue weighted by molar-refractivity contribution is 6.08. The van der Waals surface area contributed by atoms with Crippen LogP contribution in [-0.4, -0.2) is 15.9 Å². The minimum Gasteiger partial charge on any atom is -0.307 e. The molecule has 3 heterocycles. The van der Waals surface area contributed by atoms with E-state index in [2.05, 4.69) is 34.2 Å². The molecule has 0 radical (unpaired) electrons. The van der Waals surface area contributed by atoms with Crippen LogP contribution in [0.3, 0.4) is 0 Å². The van der Waals surface area contributed by atoms with Crippen molar-refractivity contribution in [1.82, 2.24) is 9.97 Å². The average molecular weight is 406 g/mol. The van der Waals surface area contributed by atoms with Crippen LogP contribution in [0, 0.1) is 0 Å². The van der Waals surface area contributed by atoms with Gasteiger partial charge < -0.3 is 4.90 Å². The van der Waals surface area contributed by atoms with Crippen LogP contribution in [0.4, 0.5) is 5.69 Å². The Labute approximate surface area is 182 Å². The van der Waals surface area contributed by atoms with Crippen molar-refractivity contribution in [3.8, 4) is 0 Å². The molecule has 0 atom stereocenters. The maximum atomic E-state index is 14.2. The molecule has 0 bridgehead atoms. The normalized spacial score (nSPS) is 14.5. The molecule has 31 heavy (non-hydrogen) atoms. The highest BCUT2D eigenvalue weighted by atomic mass is 16.2. The summed E-state index contributed by atoms with van der Waals surface area (Å²) >= 11 is 0. The fourth-order valence-corrected chi connectivity index (χ4v) is 4.62. The molecule has 0 N–H and O–H groups in total.